The maximum atomic E-state index is 12.1. The van der Waals surface area contributed by atoms with Gasteiger partial charge in [0.15, 0.2) is 16.7 Å². The molecule has 0 aliphatic carbocycles. The van der Waals surface area contributed by atoms with Crippen molar-refractivity contribution < 1.29 is 14.3 Å². The van der Waals surface area contributed by atoms with Crippen LogP contribution in [0.3, 0.4) is 0 Å². The van der Waals surface area contributed by atoms with E-state index in [-0.39, 0.29) is 17.8 Å². The van der Waals surface area contributed by atoms with E-state index < -0.39 is 0 Å². The van der Waals surface area contributed by atoms with Gasteiger partial charge in [0.1, 0.15) is 12.7 Å². The summed E-state index contributed by atoms with van der Waals surface area (Å²) < 4.78 is 12.5. The van der Waals surface area contributed by atoms with Crippen LogP contribution in [0.15, 0.2) is 64.4 Å². The summed E-state index contributed by atoms with van der Waals surface area (Å²) in [6.45, 7) is 0.815. The second kappa shape index (κ2) is 8.70. The van der Waals surface area contributed by atoms with Gasteiger partial charge in [0, 0.05) is 4.47 Å². The first-order chi connectivity index (χ1) is 13.7. The Balaban J connectivity index is 1.24. The maximum Gasteiger partial charge on any atom is 0.230 e. The van der Waals surface area contributed by atoms with Crippen molar-refractivity contribution in [3.8, 4) is 22.8 Å². The number of fused-ring (bicyclic) bond motifs is 1. The lowest BCUT2D eigenvalue weighted by Gasteiger charge is -2.26. The number of hydrogen-bond donors (Lipinski definition) is 2. The number of imidazole rings is 1. The predicted octanol–water partition coefficient (Wildman–Crippen LogP) is 3.89. The molecular weight excluding hydrogens is 442 g/mol. The van der Waals surface area contributed by atoms with Gasteiger partial charge in [-0.2, -0.15) is 0 Å². The van der Waals surface area contributed by atoms with E-state index in [0.29, 0.717) is 24.1 Å². The number of halogens is 1. The van der Waals surface area contributed by atoms with Crippen molar-refractivity contribution in [1.29, 1.82) is 0 Å². The standard InChI is InChI=1S/C20H18BrN3O3S/c21-14-7-5-13(6-8-14)16-10-23-20(24-16)28-12-19(25)22-9-15-11-26-17-3-1-2-4-18(17)27-15/h1-8,10,15H,9,11-12H2,(H,22,25)(H,23,24)/t15-/m1/s1. The van der Waals surface area contributed by atoms with E-state index >= 15 is 0 Å². The Kier molecular flexibility index (Phi) is 5.87. The third-order valence-electron chi connectivity index (χ3n) is 4.14. The van der Waals surface area contributed by atoms with Gasteiger partial charge in [-0.05, 0) is 29.8 Å². The average Bonchev–Trinajstić information content (AvgIpc) is 3.20. The highest BCUT2D eigenvalue weighted by atomic mass is 79.9. The summed E-state index contributed by atoms with van der Waals surface area (Å²) in [6.07, 6.45) is 1.57. The molecule has 2 aromatic carbocycles. The molecule has 2 heterocycles. The summed E-state index contributed by atoms with van der Waals surface area (Å²) in [6, 6.07) is 15.5. The maximum absolute atomic E-state index is 12.1. The quantitative estimate of drug-likeness (QED) is 0.546. The number of carbonyl (C=O) groups excluding carboxylic acids is 1. The Labute approximate surface area is 175 Å². The van der Waals surface area contributed by atoms with Gasteiger partial charge >= 0.3 is 0 Å². The molecule has 0 radical (unpaired) electrons. The molecule has 1 aromatic heterocycles. The Hall–Kier alpha value is -2.45. The molecule has 0 unspecified atom stereocenters. The van der Waals surface area contributed by atoms with Crippen molar-refractivity contribution in [2.24, 2.45) is 0 Å². The number of ether oxygens (including phenoxy) is 2. The van der Waals surface area contributed by atoms with Crippen LogP contribution in [0, 0.1) is 0 Å². The largest absolute Gasteiger partial charge is 0.486 e. The van der Waals surface area contributed by atoms with Gasteiger partial charge < -0.3 is 19.8 Å². The van der Waals surface area contributed by atoms with E-state index in [0.717, 1.165) is 21.5 Å². The molecule has 0 saturated heterocycles. The van der Waals surface area contributed by atoms with Gasteiger partial charge in [-0.1, -0.05) is 52.0 Å². The summed E-state index contributed by atoms with van der Waals surface area (Å²) in [4.78, 5) is 19.7. The van der Waals surface area contributed by atoms with Crippen LogP contribution in [0.2, 0.25) is 0 Å². The van der Waals surface area contributed by atoms with Crippen molar-refractivity contribution in [2.75, 3.05) is 18.9 Å². The Morgan fingerprint density at radius 2 is 2.00 bits per heavy atom. The predicted molar refractivity (Wildman–Crippen MR) is 112 cm³/mol. The molecule has 1 aliphatic rings. The van der Waals surface area contributed by atoms with E-state index in [9.17, 15) is 4.79 Å². The fraction of sp³-hybridized carbons (Fsp3) is 0.200. The molecule has 1 aliphatic heterocycles. The molecule has 0 saturated carbocycles. The van der Waals surface area contributed by atoms with E-state index in [4.69, 9.17) is 9.47 Å². The fourth-order valence-electron chi connectivity index (χ4n) is 2.73. The topological polar surface area (TPSA) is 76.2 Å². The van der Waals surface area contributed by atoms with Gasteiger partial charge in [0.05, 0.1) is 24.2 Å². The lowest BCUT2D eigenvalue weighted by Crippen LogP contribution is -2.41. The number of carbonyl (C=O) groups is 1. The van der Waals surface area contributed by atoms with E-state index in [2.05, 4.69) is 31.2 Å². The van der Waals surface area contributed by atoms with Crippen LogP contribution in [0.4, 0.5) is 0 Å². The average molecular weight is 460 g/mol. The Morgan fingerprint density at radius 1 is 1.21 bits per heavy atom. The highest BCUT2D eigenvalue weighted by Crippen LogP contribution is 2.30. The molecule has 28 heavy (non-hydrogen) atoms. The zero-order valence-electron chi connectivity index (χ0n) is 14.9. The van der Waals surface area contributed by atoms with Crippen LogP contribution in [0.5, 0.6) is 11.5 Å². The summed E-state index contributed by atoms with van der Waals surface area (Å²) in [5, 5.41) is 3.59. The minimum absolute atomic E-state index is 0.0750. The van der Waals surface area contributed by atoms with Crippen molar-refractivity contribution in [1.82, 2.24) is 15.3 Å². The number of hydrogen-bond acceptors (Lipinski definition) is 5. The number of amides is 1. The number of nitrogens with zero attached hydrogens (tertiary/aromatic N) is 1. The third kappa shape index (κ3) is 4.69. The minimum Gasteiger partial charge on any atom is -0.486 e. The highest BCUT2D eigenvalue weighted by Gasteiger charge is 2.21. The van der Waals surface area contributed by atoms with Crippen LogP contribution < -0.4 is 14.8 Å². The second-order valence-electron chi connectivity index (χ2n) is 6.20. The SMILES string of the molecule is O=C(CSc1ncc(-c2ccc(Br)cc2)[nH]1)NC[C@@H]1COc2ccccc2O1. The van der Waals surface area contributed by atoms with Crippen LogP contribution in [0.25, 0.3) is 11.3 Å². The first-order valence-electron chi connectivity index (χ1n) is 8.76. The van der Waals surface area contributed by atoms with Gasteiger partial charge in [-0.25, -0.2) is 4.98 Å². The van der Waals surface area contributed by atoms with Crippen LogP contribution >= 0.6 is 27.7 Å². The number of aromatic amines is 1. The molecule has 0 bridgehead atoms. The summed E-state index contributed by atoms with van der Waals surface area (Å²) in [7, 11) is 0. The summed E-state index contributed by atoms with van der Waals surface area (Å²) in [5.74, 6) is 1.64. The molecule has 1 atom stereocenters. The van der Waals surface area contributed by atoms with Crippen molar-refractivity contribution >= 4 is 33.6 Å². The third-order valence-corrected chi connectivity index (χ3v) is 5.56. The highest BCUT2D eigenvalue weighted by molar-refractivity contribution is 9.10. The first kappa shape index (κ1) is 18.9. The lowest BCUT2D eigenvalue weighted by atomic mass is 10.2. The van der Waals surface area contributed by atoms with Gasteiger partial charge in [-0.3, -0.25) is 4.79 Å². The first-order valence-corrected chi connectivity index (χ1v) is 10.5. The number of rotatable bonds is 6. The molecule has 8 heteroatoms. The number of nitrogens with one attached hydrogen (secondary N) is 2. The molecule has 1 amide bonds. The molecule has 4 rings (SSSR count). The molecule has 2 N–H and O–H groups in total. The molecule has 144 valence electrons. The van der Waals surface area contributed by atoms with E-state index in [1.54, 1.807) is 6.20 Å². The van der Waals surface area contributed by atoms with Crippen molar-refractivity contribution in [3.05, 3.63) is 59.2 Å². The van der Waals surface area contributed by atoms with E-state index in [1.807, 2.05) is 48.5 Å². The molecule has 0 fully saturated rings. The van der Waals surface area contributed by atoms with Crippen molar-refractivity contribution in [3.63, 3.8) is 0 Å². The number of benzene rings is 2. The molecule has 6 nitrogen and oxygen atoms in total. The second-order valence-corrected chi connectivity index (χ2v) is 8.08. The smallest absolute Gasteiger partial charge is 0.230 e. The molecular formula is C20H18BrN3O3S. The van der Waals surface area contributed by atoms with E-state index in [1.165, 1.54) is 11.8 Å². The minimum atomic E-state index is -0.198. The van der Waals surface area contributed by atoms with Crippen LogP contribution in [0.1, 0.15) is 0 Å². The zero-order valence-corrected chi connectivity index (χ0v) is 17.3. The monoisotopic (exact) mass is 459 g/mol. The Morgan fingerprint density at radius 3 is 2.82 bits per heavy atom. The fourth-order valence-corrected chi connectivity index (χ4v) is 3.67. The van der Waals surface area contributed by atoms with Crippen LogP contribution in [-0.2, 0) is 4.79 Å². The van der Waals surface area contributed by atoms with Crippen molar-refractivity contribution in [2.45, 2.75) is 11.3 Å². The van der Waals surface area contributed by atoms with Gasteiger partial charge in [-0.15, -0.1) is 0 Å². The lowest BCUT2D eigenvalue weighted by molar-refractivity contribution is -0.119. The zero-order chi connectivity index (χ0) is 19.3. The number of aromatic nitrogens is 2. The normalized spacial score (nSPS) is 15.2. The number of thioether (sulfide) groups is 1. The van der Waals surface area contributed by atoms with Gasteiger partial charge in [0.25, 0.3) is 0 Å². The van der Waals surface area contributed by atoms with Gasteiger partial charge in [0.2, 0.25) is 5.91 Å². The number of H-pyrrole nitrogens is 1. The van der Waals surface area contributed by atoms with Crippen LogP contribution in [-0.4, -0.2) is 40.9 Å². The Bertz CT molecular complexity index is 961. The molecule has 3 aromatic rings. The summed E-state index contributed by atoms with van der Waals surface area (Å²) in [5.41, 5.74) is 1.96. The number of para-hydroxylation sites is 2. The molecule has 0 spiro atoms. The summed E-state index contributed by atoms with van der Waals surface area (Å²) >= 11 is 4.79.